The molecule has 208 valence electrons. The maximum atomic E-state index is 13.6. The first-order chi connectivity index (χ1) is 19.0. The van der Waals surface area contributed by atoms with Crippen molar-refractivity contribution in [2.75, 3.05) is 27.3 Å². The molecule has 7 nitrogen and oxygen atoms in total. The summed E-state index contributed by atoms with van der Waals surface area (Å²) < 4.78 is 17.9. The summed E-state index contributed by atoms with van der Waals surface area (Å²) in [7, 11) is 3.27. The van der Waals surface area contributed by atoms with Crippen LogP contribution in [0.5, 0.6) is 11.5 Å². The number of hydrogen-bond acceptors (Lipinski definition) is 6. The van der Waals surface area contributed by atoms with E-state index in [1.807, 2.05) is 83.8 Å². The molecule has 2 unspecified atom stereocenters. The molecule has 0 spiro atoms. The maximum absolute atomic E-state index is 13.6. The number of nitrogens with zero attached hydrogens (tertiary/aromatic N) is 1. The summed E-state index contributed by atoms with van der Waals surface area (Å²) in [6.45, 7) is 1.21. The van der Waals surface area contributed by atoms with Crippen LogP contribution < -0.4 is 15.2 Å². The number of aliphatic hydroxyl groups excluding tert-OH is 1. The van der Waals surface area contributed by atoms with E-state index < -0.39 is 17.7 Å². The fraction of sp³-hybridized carbons (Fsp3) is 0.406. The van der Waals surface area contributed by atoms with Crippen LogP contribution in [0.3, 0.4) is 0 Å². The maximum Gasteiger partial charge on any atom is 0.223 e. The lowest BCUT2D eigenvalue weighted by molar-refractivity contribution is -0.141. The fourth-order valence-corrected chi connectivity index (χ4v) is 5.48. The number of hydrogen-bond donors (Lipinski definition) is 2. The van der Waals surface area contributed by atoms with Crippen molar-refractivity contribution >= 4 is 5.91 Å². The summed E-state index contributed by atoms with van der Waals surface area (Å²) in [5.41, 5.74) is 7.37. The van der Waals surface area contributed by atoms with Gasteiger partial charge in [-0.25, -0.2) is 0 Å². The third-order valence-electron chi connectivity index (χ3n) is 7.51. The van der Waals surface area contributed by atoms with Gasteiger partial charge in [0.1, 0.15) is 17.1 Å². The van der Waals surface area contributed by atoms with Gasteiger partial charge in [0, 0.05) is 13.0 Å². The van der Waals surface area contributed by atoms with Crippen molar-refractivity contribution in [1.82, 2.24) is 4.90 Å². The predicted octanol–water partition coefficient (Wildman–Crippen LogP) is 4.65. The lowest BCUT2D eigenvalue weighted by atomic mass is 9.78. The van der Waals surface area contributed by atoms with Gasteiger partial charge in [-0.2, -0.15) is 0 Å². The molecule has 39 heavy (non-hydrogen) atoms. The Kier molecular flexibility index (Phi) is 9.98. The van der Waals surface area contributed by atoms with E-state index in [4.69, 9.17) is 19.9 Å². The molecule has 3 N–H and O–H groups in total. The smallest absolute Gasteiger partial charge is 0.223 e. The van der Waals surface area contributed by atoms with E-state index >= 15 is 0 Å². The van der Waals surface area contributed by atoms with Gasteiger partial charge in [-0.3, -0.25) is 4.79 Å². The number of rotatable bonds is 13. The van der Waals surface area contributed by atoms with Crippen LogP contribution in [0.25, 0.3) is 0 Å². The Morgan fingerprint density at radius 1 is 0.897 bits per heavy atom. The molecule has 1 aliphatic rings. The molecule has 4 rings (SSSR count). The van der Waals surface area contributed by atoms with Crippen LogP contribution in [0.1, 0.15) is 48.8 Å². The van der Waals surface area contributed by atoms with Gasteiger partial charge in [-0.15, -0.1) is 0 Å². The van der Waals surface area contributed by atoms with Crippen LogP contribution in [-0.2, 0) is 21.7 Å². The Hall–Kier alpha value is -3.39. The number of unbranched alkanes of at least 4 members (excludes halogenated alkanes) is 2. The summed E-state index contributed by atoms with van der Waals surface area (Å²) in [6.07, 6.45) is 2.69. The topological polar surface area (TPSA) is 94.2 Å². The van der Waals surface area contributed by atoms with E-state index in [1.165, 1.54) is 0 Å². The minimum atomic E-state index is -1.06. The molecular weight excluding hydrogens is 492 g/mol. The number of aliphatic hydroxyl groups is 1. The lowest BCUT2D eigenvalue weighted by Crippen LogP contribution is -2.52. The molecule has 0 aliphatic carbocycles. The molecule has 1 aliphatic heterocycles. The van der Waals surface area contributed by atoms with Gasteiger partial charge in [-0.05, 0) is 66.8 Å². The monoisotopic (exact) mass is 532 g/mol. The van der Waals surface area contributed by atoms with Gasteiger partial charge >= 0.3 is 0 Å². The van der Waals surface area contributed by atoms with Gasteiger partial charge < -0.3 is 30.0 Å². The highest BCUT2D eigenvalue weighted by atomic mass is 16.5. The number of carbonyl (C=O) groups is 1. The molecule has 0 aromatic heterocycles. The van der Waals surface area contributed by atoms with Crippen molar-refractivity contribution in [3.05, 3.63) is 95.6 Å². The summed E-state index contributed by atoms with van der Waals surface area (Å²) in [6, 6.07) is 25.1. The molecule has 0 radical (unpaired) electrons. The Morgan fingerprint density at radius 3 is 2.03 bits per heavy atom. The SMILES string of the molecule is COc1ccc(C(OCc2ccccc2)(c2ccc(OC)cc2)C2CC(O)CN2C(=O)CCCCCN)cc1. The Bertz CT molecular complexity index is 1120. The van der Waals surface area contributed by atoms with Crippen molar-refractivity contribution in [3.8, 4) is 11.5 Å². The van der Waals surface area contributed by atoms with Crippen LogP contribution >= 0.6 is 0 Å². The molecule has 2 atom stereocenters. The minimum Gasteiger partial charge on any atom is -0.497 e. The highest BCUT2D eigenvalue weighted by Crippen LogP contribution is 2.45. The highest BCUT2D eigenvalue weighted by Gasteiger charge is 2.51. The number of methoxy groups -OCH3 is 2. The van der Waals surface area contributed by atoms with E-state index in [1.54, 1.807) is 14.2 Å². The van der Waals surface area contributed by atoms with Crippen molar-refractivity contribution in [1.29, 1.82) is 0 Å². The summed E-state index contributed by atoms with van der Waals surface area (Å²) in [4.78, 5) is 15.5. The van der Waals surface area contributed by atoms with Gasteiger partial charge in [0.2, 0.25) is 5.91 Å². The first-order valence-corrected chi connectivity index (χ1v) is 13.7. The van der Waals surface area contributed by atoms with E-state index in [0.717, 1.165) is 47.5 Å². The molecule has 0 bridgehead atoms. The van der Waals surface area contributed by atoms with Crippen molar-refractivity contribution in [2.45, 2.75) is 56.5 Å². The quantitative estimate of drug-likeness (QED) is 0.312. The third kappa shape index (κ3) is 6.61. The predicted molar refractivity (Wildman–Crippen MR) is 152 cm³/mol. The van der Waals surface area contributed by atoms with Crippen LogP contribution in [0.4, 0.5) is 0 Å². The van der Waals surface area contributed by atoms with Gasteiger partial charge in [-0.1, -0.05) is 61.0 Å². The van der Waals surface area contributed by atoms with Crippen molar-refractivity contribution < 1.29 is 24.1 Å². The number of amides is 1. The molecule has 0 saturated carbocycles. The summed E-state index contributed by atoms with van der Waals surface area (Å²) in [5, 5.41) is 10.9. The molecule has 3 aromatic rings. The zero-order valence-electron chi connectivity index (χ0n) is 22.9. The molecule has 1 fully saturated rings. The zero-order chi connectivity index (χ0) is 27.7. The molecular formula is C32H40N2O5. The zero-order valence-corrected chi connectivity index (χ0v) is 22.9. The summed E-state index contributed by atoms with van der Waals surface area (Å²) >= 11 is 0. The average molecular weight is 533 g/mol. The number of nitrogens with two attached hydrogens (primary N) is 1. The van der Waals surface area contributed by atoms with Crippen molar-refractivity contribution in [3.63, 3.8) is 0 Å². The van der Waals surface area contributed by atoms with Crippen LogP contribution in [0.2, 0.25) is 0 Å². The summed E-state index contributed by atoms with van der Waals surface area (Å²) in [5.74, 6) is 1.47. The molecule has 1 saturated heterocycles. The van der Waals surface area contributed by atoms with Crippen LogP contribution in [0, 0.1) is 0 Å². The third-order valence-corrected chi connectivity index (χ3v) is 7.51. The van der Waals surface area contributed by atoms with E-state index in [2.05, 4.69) is 0 Å². The molecule has 1 heterocycles. The van der Waals surface area contributed by atoms with Gasteiger partial charge in [0.15, 0.2) is 0 Å². The number of carbonyl (C=O) groups excluding carboxylic acids is 1. The number of benzene rings is 3. The number of β-amino-alcohol motifs (C(OH)–C–C–N with tert-alkyl or cyclic N) is 1. The van der Waals surface area contributed by atoms with Crippen LogP contribution in [0.15, 0.2) is 78.9 Å². The van der Waals surface area contributed by atoms with E-state index in [-0.39, 0.29) is 12.5 Å². The Balaban J connectivity index is 1.82. The van der Waals surface area contributed by atoms with Gasteiger partial charge in [0.05, 0.1) is 33.0 Å². The lowest BCUT2D eigenvalue weighted by Gasteiger charge is -2.44. The Morgan fingerprint density at radius 2 is 1.49 bits per heavy atom. The number of ether oxygens (including phenoxy) is 3. The largest absolute Gasteiger partial charge is 0.497 e. The van der Waals surface area contributed by atoms with Gasteiger partial charge in [0.25, 0.3) is 0 Å². The molecule has 7 heteroatoms. The standard InChI is InChI=1S/C32H40N2O5/c1-37-28-16-12-25(13-17-28)32(26-14-18-29(38-2)19-15-26,39-23-24-9-5-3-6-10-24)30-21-27(35)22-34(30)31(36)11-7-4-8-20-33/h3,5-6,9-10,12-19,27,30,35H,4,7-8,11,20-23,33H2,1-2H3. The highest BCUT2D eigenvalue weighted by molar-refractivity contribution is 5.77. The minimum absolute atomic E-state index is 0.0169. The van der Waals surface area contributed by atoms with E-state index in [0.29, 0.717) is 26.0 Å². The second-order valence-corrected chi connectivity index (χ2v) is 10.0. The normalized spacial score (nSPS) is 17.3. The fourth-order valence-electron chi connectivity index (χ4n) is 5.48. The van der Waals surface area contributed by atoms with E-state index in [9.17, 15) is 9.90 Å². The second kappa shape index (κ2) is 13.6. The molecule has 3 aromatic carbocycles. The Labute approximate surface area is 231 Å². The average Bonchev–Trinajstić information content (AvgIpc) is 3.38. The van der Waals surface area contributed by atoms with Crippen molar-refractivity contribution in [2.24, 2.45) is 5.73 Å². The van der Waals surface area contributed by atoms with Crippen LogP contribution in [-0.4, -0.2) is 55.4 Å². The second-order valence-electron chi connectivity index (χ2n) is 10.0. The molecule has 1 amide bonds. The first kappa shape index (κ1) is 28.6. The number of likely N-dealkylation sites (tertiary alicyclic amines) is 1. The first-order valence-electron chi connectivity index (χ1n) is 13.7.